The van der Waals surface area contributed by atoms with Crippen LogP contribution in [0.1, 0.15) is 33.7 Å². The van der Waals surface area contributed by atoms with E-state index in [-0.39, 0.29) is 0 Å². The van der Waals surface area contributed by atoms with Crippen molar-refractivity contribution in [1.29, 1.82) is 0 Å². The van der Waals surface area contributed by atoms with Crippen molar-refractivity contribution in [2.45, 2.75) is 11.6 Å². The van der Waals surface area contributed by atoms with Crippen molar-refractivity contribution in [1.82, 2.24) is 0 Å². The first kappa shape index (κ1) is 30.4. The van der Waals surface area contributed by atoms with Gasteiger partial charge < -0.3 is 0 Å². The van der Waals surface area contributed by atoms with Crippen molar-refractivity contribution in [3.8, 4) is 0 Å². The molecule has 0 heterocycles. The average Bonchev–Trinajstić information content (AvgIpc) is 2.99. The van der Waals surface area contributed by atoms with E-state index < -0.39 is 11.6 Å². The van der Waals surface area contributed by atoms with Gasteiger partial charge in [0.15, 0.2) is 5.67 Å². The predicted molar refractivity (Wildman–Crippen MR) is 201 cm³/mol. The number of benzene rings is 5. The van der Waals surface area contributed by atoms with Gasteiger partial charge in [-0.25, -0.2) is 4.39 Å². The molecule has 2 unspecified atom stereocenters. The second-order valence-electron chi connectivity index (χ2n) is 10.0. The number of rotatable bonds is 5. The second kappa shape index (κ2) is 12.8. The normalized spacial score (nSPS) is 18.9. The van der Waals surface area contributed by atoms with Crippen LogP contribution < -0.4 is 0 Å². The summed E-state index contributed by atoms with van der Waals surface area (Å²) < 4.78 is 24.0. The summed E-state index contributed by atoms with van der Waals surface area (Å²) >= 11 is 15.8. The fourth-order valence-corrected chi connectivity index (χ4v) is 9.08. The first-order chi connectivity index (χ1) is 20.3. The lowest BCUT2D eigenvalue weighted by Gasteiger charge is -2.44. The molecule has 0 saturated carbocycles. The lowest BCUT2D eigenvalue weighted by atomic mass is 9.64. The lowest BCUT2D eigenvalue weighted by molar-refractivity contribution is 0.220. The quantitative estimate of drug-likeness (QED) is 0.154. The maximum absolute atomic E-state index is 19.3. The second-order valence-corrected chi connectivity index (χ2v) is 15.0. The maximum Gasteiger partial charge on any atom is 0.174 e. The van der Waals surface area contributed by atoms with E-state index in [1.807, 2.05) is 109 Å². The van der Waals surface area contributed by atoms with Crippen LogP contribution in [0.2, 0.25) is 0 Å². The molecule has 0 N–H and O–H groups in total. The number of allylic oxidation sites excluding steroid dienone is 4. The molecule has 5 aromatic carbocycles. The standard InChI is InChI=1S/C36H22Br3FI2/c37-25-19-17-23(18-20-25)34-35(42)31(24-11-8-12-26(38)21-24)32(27-13-4-6-15-29(27)39)33(22-9-2-1-3-10-22)36(34,40)28-14-5-7-16-30(28)41/h1-21,34H. The van der Waals surface area contributed by atoms with E-state index in [0.717, 1.165) is 54.0 Å². The Morgan fingerprint density at radius 1 is 0.595 bits per heavy atom. The maximum atomic E-state index is 19.3. The zero-order valence-corrected chi connectivity index (χ0v) is 31.0. The van der Waals surface area contributed by atoms with E-state index in [1.54, 1.807) is 0 Å². The largest absolute Gasteiger partial charge is 0.232 e. The Balaban J connectivity index is 1.86. The number of alkyl halides is 1. The van der Waals surface area contributed by atoms with Gasteiger partial charge in [-0.1, -0.05) is 139 Å². The van der Waals surface area contributed by atoms with Crippen LogP contribution in [0.3, 0.4) is 0 Å². The molecule has 1 aliphatic carbocycles. The molecule has 0 bridgehead atoms. The zero-order valence-electron chi connectivity index (χ0n) is 22.0. The van der Waals surface area contributed by atoms with E-state index in [2.05, 4.69) is 111 Å². The minimum Gasteiger partial charge on any atom is -0.232 e. The Hall–Kier alpha value is -1.59. The molecule has 42 heavy (non-hydrogen) atoms. The van der Waals surface area contributed by atoms with Crippen LogP contribution in [0, 0.1) is 3.57 Å². The number of halogens is 6. The monoisotopic (exact) mass is 964 g/mol. The van der Waals surface area contributed by atoms with Crippen LogP contribution >= 0.6 is 93.0 Å². The lowest BCUT2D eigenvalue weighted by Crippen LogP contribution is -2.35. The van der Waals surface area contributed by atoms with Crippen LogP contribution in [0.25, 0.3) is 16.7 Å². The van der Waals surface area contributed by atoms with Crippen LogP contribution in [0.5, 0.6) is 0 Å². The Bertz CT molecular complexity index is 1850. The summed E-state index contributed by atoms with van der Waals surface area (Å²) in [6, 6.07) is 42.4. The summed E-state index contributed by atoms with van der Waals surface area (Å²) in [5.74, 6) is -0.599. The van der Waals surface area contributed by atoms with Gasteiger partial charge in [-0.05, 0) is 109 Å². The number of hydrogen-bond donors (Lipinski definition) is 0. The fraction of sp³-hybridized carbons (Fsp3) is 0.0556. The third-order valence-electron chi connectivity index (χ3n) is 7.54. The highest BCUT2D eigenvalue weighted by atomic mass is 127. The molecule has 0 nitrogen and oxygen atoms in total. The van der Waals surface area contributed by atoms with E-state index in [1.165, 1.54) is 0 Å². The Labute approximate surface area is 298 Å². The first-order valence-electron chi connectivity index (χ1n) is 13.2. The Morgan fingerprint density at radius 3 is 1.93 bits per heavy atom. The van der Waals surface area contributed by atoms with Crippen molar-refractivity contribution >= 4 is 110 Å². The van der Waals surface area contributed by atoms with Gasteiger partial charge in [-0.15, -0.1) is 0 Å². The average molecular weight is 967 g/mol. The van der Waals surface area contributed by atoms with Crippen molar-refractivity contribution < 1.29 is 4.39 Å². The van der Waals surface area contributed by atoms with E-state index in [0.29, 0.717) is 11.1 Å². The summed E-state index contributed by atoms with van der Waals surface area (Å²) in [7, 11) is 0. The minimum atomic E-state index is -1.90. The van der Waals surface area contributed by atoms with Gasteiger partial charge in [0.25, 0.3) is 0 Å². The van der Waals surface area contributed by atoms with Crippen LogP contribution in [0.4, 0.5) is 4.39 Å². The third-order valence-corrected chi connectivity index (χ3v) is 11.4. The molecule has 2 atom stereocenters. The topological polar surface area (TPSA) is 0 Å². The highest BCUT2D eigenvalue weighted by molar-refractivity contribution is 14.1. The summed E-state index contributed by atoms with van der Waals surface area (Å²) in [5.41, 5.74) is 5.06. The molecule has 0 spiro atoms. The molecule has 6 rings (SSSR count). The van der Waals surface area contributed by atoms with Crippen LogP contribution in [0.15, 0.2) is 144 Å². The molecule has 1 aliphatic rings. The van der Waals surface area contributed by atoms with Gasteiger partial charge in [0.2, 0.25) is 0 Å². The number of hydrogen-bond acceptors (Lipinski definition) is 0. The van der Waals surface area contributed by atoms with Crippen LogP contribution in [-0.4, -0.2) is 0 Å². The van der Waals surface area contributed by atoms with Crippen molar-refractivity contribution in [2.24, 2.45) is 0 Å². The molecular formula is C36H22Br3FI2. The Kier molecular flexibility index (Phi) is 9.27. The van der Waals surface area contributed by atoms with Gasteiger partial charge >= 0.3 is 0 Å². The summed E-state index contributed by atoms with van der Waals surface area (Å²) in [6.07, 6.45) is 0. The van der Waals surface area contributed by atoms with Gasteiger partial charge in [-0.3, -0.25) is 0 Å². The van der Waals surface area contributed by atoms with Gasteiger partial charge in [0.05, 0.1) is 5.92 Å². The first-order valence-corrected chi connectivity index (χ1v) is 17.7. The molecule has 0 saturated heterocycles. The van der Waals surface area contributed by atoms with Gasteiger partial charge in [0.1, 0.15) is 0 Å². The molecule has 0 aliphatic heterocycles. The highest BCUT2D eigenvalue weighted by Gasteiger charge is 2.53. The summed E-state index contributed by atoms with van der Waals surface area (Å²) in [5, 5.41) is 0. The summed E-state index contributed by atoms with van der Waals surface area (Å²) in [4.78, 5) is 0. The highest BCUT2D eigenvalue weighted by Crippen LogP contribution is 2.64. The molecule has 208 valence electrons. The fourth-order valence-electron chi connectivity index (χ4n) is 5.79. The summed E-state index contributed by atoms with van der Waals surface area (Å²) in [6.45, 7) is 0. The SMILES string of the molecule is FC1(c2ccccc2I)C(c2ccccc2)=C(c2ccccc2Br)C(c2cccc(Br)c2)=C(I)C1c1ccc(Br)cc1. The molecule has 0 fully saturated rings. The van der Waals surface area contributed by atoms with E-state index in [9.17, 15) is 0 Å². The zero-order chi connectivity index (χ0) is 29.4. The Morgan fingerprint density at radius 2 is 1.24 bits per heavy atom. The predicted octanol–water partition coefficient (Wildman–Crippen LogP) is 13.0. The molecule has 6 heteroatoms. The smallest absolute Gasteiger partial charge is 0.174 e. The molecular weight excluding hydrogens is 945 g/mol. The third kappa shape index (κ3) is 5.55. The molecule has 5 aromatic rings. The molecule has 0 radical (unpaired) electrons. The van der Waals surface area contributed by atoms with E-state index in [4.69, 9.17) is 0 Å². The molecule has 0 aromatic heterocycles. The van der Waals surface area contributed by atoms with Gasteiger partial charge in [-0.2, -0.15) is 0 Å². The van der Waals surface area contributed by atoms with Crippen molar-refractivity contribution in [3.63, 3.8) is 0 Å². The van der Waals surface area contributed by atoms with Gasteiger partial charge in [0, 0.05) is 37.3 Å². The van der Waals surface area contributed by atoms with Crippen molar-refractivity contribution in [3.05, 3.63) is 176 Å². The van der Waals surface area contributed by atoms with Crippen LogP contribution in [-0.2, 0) is 5.67 Å². The van der Waals surface area contributed by atoms with E-state index >= 15 is 4.39 Å². The van der Waals surface area contributed by atoms with Crippen molar-refractivity contribution in [2.75, 3.05) is 0 Å². The minimum absolute atomic E-state index is 0.599. The molecule has 0 amide bonds.